The molecule has 0 fully saturated rings. The Hall–Kier alpha value is -3.01. The fourth-order valence-electron chi connectivity index (χ4n) is 2.82. The standard InChI is InChI=1S/C18H16N4/c1-3-16(20-9-1)18(17-4-2-10-21-17)14-5-7-15(8-6-14)22-12-11-19-13-22/h1-13,18,20-21H. The monoisotopic (exact) mass is 288 g/mol. The van der Waals surface area contributed by atoms with E-state index in [1.807, 2.05) is 41.6 Å². The van der Waals surface area contributed by atoms with Crippen LogP contribution in [-0.2, 0) is 0 Å². The predicted octanol–water partition coefficient (Wildman–Crippen LogP) is 3.71. The smallest absolute Gasteiger partial charge is 0.0991 e. The van der Waals surface area contributed by atoms with Gasteiger partial charge in [0.05, 0.1) is 12.2 Å². The van der Waals surface area contributed by atoms with Crippen LogP contribution in [0.15, 0.2) is 79.6 Å². The highest BCUT2D eigenvalue weighted by Gasteiger charge is 2.18. The van der Waals surface area contributed by atoms with Crippen LogP contribution < -0.4 is 0 Å². The zero-order valence-electron chi connectivity index (χ0n) is 12.0. The van der Waals surface area contributed by atoms with Gasteiger partial charge in [-0.2, -0.15) is 0 Å². The number of nitrogens with one attached hydrogen (secondary N) is 2. The Labute approximate surface area is 128 Å². The molecule has 0 saturated heterocycles. The number of hydrogen-bond acceptors (Lipinski definition) is 1. The molecule has 108 valence electrons. The normalized spacial score (nSPS) is 11.1. The Morgan fingerprint density at radius 2 is 1.55 bits per heavy atom. The Morgan fingerprint density at radius 3 is 2.05 bits per heavy atom. The molecule has 0 amide bonds. The molecule has 3 aromatic heterocycles. The van der Waals surface area contributed by atoms with E-state index >= 15 is 0 Å². The van der Waals surface area contributed by atoms with Gasteiger partial charge in [-0.15, -0.1) is 0 Å². The van der Waals surface area contributed by atoms with Crippen molar-refractivity contribution in [2.24, 2.45) is 0 Å². The van der Waals surface area contributed by atoms with Crippen molar-refractivity contribution in [3.63, 3.8) is 0 Å². The lowest BCUT2D eigenvalue weighted by atomic mass is 9.92. The van der Waals surface area contributed by atoms with Crippen molar-refractivity contribution in [1.29, 1.82) is 0 Å². The lowest BCUT2D eigenvalue weighted by molar-refractivity contribution is 0.896. The van der Waals surface area contributed by atoms with E-state index in [9.17, 15) is 0 Å². The summed E-state index contributed by atoms with van der Waals surface area (Å²) in [6.45, 7) is 0. The van der Waals surface area contributed by atoms with E-state index in [-0.39, 0.29) is 5.92 Å². The van der Waals surface area contributed by atoms with E-state index in [2.05, 4.69) is 51.4 Å². The molecule has 0 bridgehead atoms. The summed E-state index contributed by atoms with van der Waals surface area (Å²) < 4.78 is 2.00. The maximum atomic E-state index is 4.09. The molecular formula is C18H16N4. The SMILES string of the molecule is c1c[nH]c(C(c2ccc(-n3ccnc3)cc2)c2ccc[nH]2)c1. The summed E-state index contributed by atoms with van der Waals surface area (Å²) >= 11 is 0. The Bertz CT molecular complexity index is 776. The summed E-state index contributed by atoms with van der Waals surface area (Å²) in [6.07, 6.45) is 9.47. The van der Waals surface area contributed by atoms with Crippen LogP contribution in [0.5, 0.6) is 0 Å². The van der Waals surface area contributed by atoms with Crippen LogP contribution in [0.1, 0.15) is 22.9 Å². The van der Waals surface area contributed by atoms with Crippen molar-refractivity contribution < 1.29 is 0 Å². The Morgan fingerprint density at radius 1 is 0.864 bits per heavy atom. The second-order valence-electron chi connectivity index (χ2n) is 5.25. The van der Waals surface area contributed by atoms with E-state index in [0.717, 1.165) is 5.69 Å². The Kier molecular flexibility index (Phi) is 3.12. The van der Waals surface area contributed by atoms with Gasteiger partial charge in [0.1, 0.15) is 0 Å². The average molecular weight is 288 g/mol. The zero-order valence-corrected chi connectivity index (χ0v) is 12.0. The molecule has 0 radical (unpaired) electrons. The van der Waals surface area contributed by atoms with Crippen LogP contribution in [0.4, 0.5) is 0 Å². The minimum atomic E-state index is 0.182. The molecule has 0 aliphatic carbocycles. The van der Waals surface area contributed by atoms with Gasteiger partial charge in [-0.3, -0.25) is 0 Å². The molecule has 0 saturated carbocycles. The molecule has 4 nitrogen and oxygen atoms in total. The minimum absolute atomic E-state index is 0.182. The van der Waals surface area contributed by atoms with Gasteiger partial charge in [-0.05, 0) is 42.0 Å². The number of hydrogen-bond donors (Lipinski definition) is 2. The number of H-pyrrole nitrogens is 2. The van der Waals surface area contributed by atoms with Gasteiger partial charge < -0.3 is 14.5 Å². The summed E-state index contributed by atoms with van der Waals surface area (Å²) in [5, 5.41) is 0. The fourth-order valence-corrected chi connectivity index (χ4v) is 2.82. The van der Waals surface area contributed by atoms with Gasteiger partial charge in [0.2, 0.25) is 0 Å². The second kappa shape index (κ2) is 5.41. The summed E-state index contributed by atoms with van der Waals surface area (Å²) in [5.41, 5.74) is 4.71. The van der Waals surface area contributed by atoms with Crippen LogP contribution in [-0.4, -0.2) is 19.5 Å². The highest BCUT2D eigenvalue weighted by atomic mass is 15.0. The zero-order chi connectivity index (χ0) is 14.8. The van der Waals surface area contributed by atoms with Gasteiger partial charge in [-0.25, -0.2) is 4.98 Å². The molecule has 4 aromatic rings. The van der Waals surface area contributed by atoms with Gasteiger partial charge in [-0.1, -0.05) is 12.1 Å². The molecule has 2 N–H and O–H groups in total. The van der Waals surface area contributed by atoms with Crippen molar-refractivity contribution in [3.05, 3.63) is 96.6 Å². The topological polar surface area (TPSA) is 49.4 Å². The van der Waals surface area contributed by atoms with Gasteiger partial charge in [0, 0.05) is 41.9 Å². The first kappa shape index (κ1) is 12.7. The molecule has 0 spiro atoms. The number of nitrogens with zero attached hydrogens (tertiary/aromatic N) is 2. The quantitative estimate of drug-likeness (QED) is 0.591. The van der Waals surface area contributed by atoms with Crippen molar-refractivity contribution >= 4 is 0 Å². The predicted molar refractivity (Wildman–Crippen MR) is 86.1 cm³/mol. The molecule has 0 unspecified atom stereocenters. The van der Waals surface area contributed by atoms with E-state index in [1.165, 1.54) is 17.0 Å². The molecule has 4 heteroatoms. The summed E-state index contributed by atoms with van der Waals surface area (Å²) in [4.78, 5) is 10.8. The van der Waals surface area contributed by atoms with E-state index in [0.29, 0.717) is 0 Å². The minimum Gasteiger partial charge on any atom is -0.364 e. The van der Waals surface area contributed by atoms with Crippen LogP contribution in [0.2, 0.25) is 0 Å². The highest BCUT2D eigenvalue weighted by molar-refractivity contribution is 5.42. The number of benzene rings is 1. The van der Waals surface area contributed by atoms with E-state index in [4.69, 9.17) is 0 Å². The molecule has 0 aliphatic heterocycles. The lowest BCUT2D eigenvalue weighted by Gasteiger charge is -2.16. The van der Waals surface area contributed by atoms with Crippen LogP contribution in [0.25, 0.3) is 5.69 Å². The molecule has 0 atom stereocenters. The van der Waals surface area contributed by atoms with Gasteiger partial charge in [0.25, 0.3) is 0 Å². The summed E-state index contributed by atoms with van der Waals surface area (Å²) in [7, 11) is 0. The first-order valence-corrected chi connectivity index (χ1v) is 7.27. The average Bonchev–Trinajstić information content (AvgIpc) is 3.32. The van der Waals surface area contributed by atoms with Crippen molar-refractivity contribution in [3.8, 4) is 5.69 Å². The molecular weight excluding hydrogens is 272 g/mol. The highest BCUT2D eigenvalue weighted by Crippen LogP contribution is 2.30. The van der Waals surface area contributed by atoms with E-state index in [1.54, 1.807) is 6.20 Å². The maximum absolute atomic E-state index is 4.09. The summed E-state index contributed by atoms with van der Waals surface area (Å²) in [5.74, 6) is 0.182. The first-order chi connectivity index (χ1) is 10.9. The third-order valence-corrected chi connectivity index (χ3v) is 3.89. The van der Waals surface area contributed by atoms with E-state index < -0.39 is 0 Å². The maximum Gasteiger partial charge on any atom is 0.0991 e. The first-order valence-electron chi connectivity index (χ1n) is 7.27. The van der Waals surface area contributed by atoms with Crippen LogP contribution in [0.3, 0.4) is 0 Å². The Balaban J connectivity index is 1.74. The van der Waals surface area contributed by atoms with Crippen molar-refractivity contribution in [1.82, 2.24) is 19.5 Å². The summed E-state index contributed by atoms with van der Waals surface area (Å²) in [6, 6.07) is 16.9. The number of imidazole rings is 1. The number of aromatic amines is 2. The molecule has 4 rings (SSSR count). The van der Waals surface area contributed by atoms with Crippen LogP contribution >= 0.6 is 0 Å². The third-order valence-electron chi connectivity index (χ3n) is 3.89. The molecule has 22 heavy (non-hydrogen) atoms. The fraction of sp³-hybridized carbons (Fsp3) is 0.0556. The van der Waals surface area contributed by atoms with Crippen molar-refractivity contribution in [2.75, 3.05) is 0 Å². The van der Waals surface area contributed by atoms with Gasteiger partial charge in [0.15, 0.2) is 0 Å². The van der Waals surface area contributed by atoms with Crippen molar-refractivity contribution in [2.45, 2.75) is 5.92 Å². The number of rotatable bonds is 4. The van der Waals surface area contributed by atoms with Gasteiger partial charge >= 0.3 is 0 Å². The number of aromatic nitrogens is 4. The lowest BCUT2D eigenvalue weighted by Crippen LogP contribution is -2.04. The molecule has 3 heterocycles. The largest absolute Gasteiger partial charge is 0.364 e. The third kappa shape index (κ3) is 2.24. The molecule has 1 aromatic carbocycles. The van der Waals surface area contributed by atoms with Crippen LogP contribution in [0, 0.1) is 0 Å². The molecule has 0 aliphatic rings. The second-order valence-corrected chi connectivity index (χ2v) is 5.25.